The van der Waals surface area contributed by atoms with Crippen molar-refractivity contribution in [1.29, 1.82) is 5.26 Å². The molecule has 1 saturated carbocycles. The number of nitrogens with zero attached hydrogens (tertiary/aromatic N) is 3. The smallest absolute Gasteiger partial charge is 0.334 e. The number of alkyl halides is 3. The van der Waals surface area contributed by atoms with Crippen molar-refractivity contribution in [2.24, 2.45) is 0 Å². The standard InChI is InChI=1S/C16H18F3N3O/c17-16(18,19)8-9-22(13-4-2-1-3-5-13)15(23)14-7-6-12(10-20)11-21-14/h6-7,11,13H,1-5,8-9H2. The summed E-state index contributed by atoms with van der Waals surface area (Å²) in [4.78, 5) is 17.8. The molecule has 0 aromatic carbocycles. The van der Waals surface area contributed by atoms with E-state index in [9.17, 15) is 18.0 Å². The van der Waals surface area contributed by atoms with Gasteiger partial charge in [-0.05, 0) is 25.0 Å². The molecule has 0 radical (unpaired) electrons. The summed E-state index contributed by atoms with van der Waals surface area (Å²) in [6.07, 6.45) is 0.266. The molecule has 0 atom stereocenters. The quantitative estimate of drug-likeness (QED) is 0.848. The normalized spacial score (nSPS) is 15.9. The van der Waals surface area contributed by atoms with Crippen molar-refractivity contribution < 1.29 is 18.0 Å². The Morgan fingerprint density at radius 2 is 2.00 bits per heavy atom. The van der Waals surface area contributed by atoms with Gasteiger partial charge >= 0.3 is 6.18 Å². The topological polar surface area (TPSA) is 57.0 Å². The average molecular weight is 325 g/mol. The molecule has 0 bridgehead atoms. The summed E-state index contributed by atoms with van der Waals surface area (Å²) >= 11 is 0. The molecule has 1 aromatic rings. The molecule has 0 saturated heterocycles. The molecule has 23 heavy (non-hydrogen) atoms. The van der Waals surface area contributed by atoms with Crippen LogP contribution in [0.5, 0.6) is 0 Å². The lowest BCUT2D eigenvalue weighted by Gasteiger charge is -2.34. The van der Waals surface area contributed by atoms with Gasteiger partial charge in [0.2, 0.25) is 0 Å². The first kappa shape index (κ1) is 17.3. The number of carbonyl (C=O) groups excluding carboxylic acids is 1. The number of pyridine rings is 1. The van der Waals surface area contributed by atoms with Crippen LogP contribution < -0.4 is 0 Å². The Morgan fingerprint density at radius 1 is 1.30 bits per heavy atom. The van der Waals surface area contributed by atoms with Crippen LogP contribution in [0.1, 0.15) is 54.6 Å². The van der Waals surface area contributed by atoms with Crippen LogP contribution in [0.3, 0.4) is 0 Å². The summed E-state index contributed by atoms with van der Waals surface area (Å²) in [6, 6.07) is 4.56. The molecule has 1 heterocycles. The minimum absolute atomic E-state index is 0.0803. The van der Waals surface area contributed by atoms with Crippen LogP contribution in [0, 0.1) is 11.3 Å². The predicted octanol–water partition coefficient (Wildman–Crippen LogP) is 3.68. The van der Waals surface area contributed by atoms with Crippen molar-refractivity contribution >= 4 is 5.91 Å². The zero-order valence-electron chi connectivity index (χ0n) is 12.6. The highest BCUT2D eigenvalue weighted by atomic mass is 19.4. The third-order valence-corrected chi connectivity index (χ3v) is 4.02. The lowest BCUT2D eigenvalue weighted by molar-refractivity contribution is -0.137. The Labute approximate surface area is 132 Å². The van der Waals surface area contributed by atoms with E-state index >= 15 is 0 Å². The van der Waals surface area contributed by atoms with Crippen molar-refractivity contribution in [2.75, 3.05) is 6.54 Å². The zero-order valence-corrected chi connectivity index (χ0v) is 12.6. The number of hydrogen-bond donors (Lipinski definition) is 0. The highest BCUT2D eigenvalue weighted by Gasteiger charge is 2.33. The summed E-state index contributed by atoms with van der Waals surface area (Å²) in [5.41, 5.74) is 0.387. The van der Waals surface area contributed by atoms with E-state index < -0.39 is 18.5 Å². The second-order valence-electron chi connectivity index (χ2n) is 5.70. The highest BCUT2D eigenvalue weighted by molar-refractivity contribution is 5.92. The SMILES string of the molecule is N#Cc1ccc(C(=O)N(CCC(F)(F)F)C2CCCCC2)nc1. The molecular formula is C16H18F3N3O. The molecule has 1 fully saturated rings. The molecule has 1 aromatic heterocycles. The van der Waals surface area contributed by atoms with Gasteiger partial charge in [-0.25, -0.2) is 4.98 Å². The summed E-state index contributed by atoms with van der Waals surface area (Å²) in [7, 11) is 0. The Balaban J connectivity index is 2.16. The van der Waals surface area contributed by atoms with Gasteiger partial charge in [-0.1, -0.05) is 19.3 Å². The highest BCUT2D eigenvalue weighted by Crippen LogP contribution is 2.27. The van der Waals surface area contributed by atoms with Gasteiger partial charge in [0, 0.05) is 18.8 Å². The van der Waals surface area contributed by atoms with E-state index in [0.717, 1.165) is 32.1 Å². The summed E-state index contributed by atoms with van der Waals surface area (Å²) in [6.45, 7) is -0.352. The van der Waals surface area contributed by atoms with Gasteiger partial charge in [-0.2, -0.15) is 18.4 Å². The number of carbonyl (C=O) groups is 1. The molecule has 7 heteroatoms. The van der Waals surface area contributed by atoms with Crippen LogP contribution in [0.15, 0.2) is 18.3 Å². The van der Waals surface area contributed by atoms with E-state index in [2.05, 4.69) is 4.98 Å². The fraction of sp³-hybridized carbons (Fsp3) is 0.562. The van der Waals surface area contributed by atoms with E-state index in [-0.39, 0.29) is 18.3 Å². The summed E-state index contributed by atoms with van der Waals surface area (Å²) in [5.74, 6) is -0.495. The Morgan fingerprint density at radius 3 is 2.52 bits per heavy atom. The van der Waals surface area contributed by atoms with Gasteiger partial charge in [0.15, 0.2) is 0 Å². The minimum atomic E-state index is -4.30. The van der Waals surface area contributed by atoms with E-state index in [4.69, 9.17) is 5.26 Å². The minimum Gasteiger partial charge on any atom is -0.334 e. The Hall–Kier alpha value is -2.10. The number of halogens is 3. The van der Waals surface area contributed by atoms with Crippen molar-refractivity contribution in [3.63, 3.8) is 0 Å². The summed E-state index contributed by atoms with van der Waals surface area (Å²) in [5, 5.41) is 8.74. The number of amides is 1. The first-order valence-electron chi connectivity index (χ1n) is 7.64. The molecular weight excluding hydrogens is 307 g/mol. The summed E-state index contributed by atoms with van der Waals surface area (Å²) < 4.78 is 37.7. The molecule has 4 nitrogen and oxygen atoms in total. The number of nitriles is 1. The van der Waals surface area contributed by atoms with Gasteiger partial charge in [0.1, 0.15) is 11.8 Å². The molecule has 1 aliphatic rings. The van der Waals surface area contributed by atoms with Crippen molar-refractivity contribution in [3.05, 3.63) is 29.6 Å². The van der Waals surface area contributed by atoms with Crippen LogP contribution in [0.2, 0.25) is 0 Å². The van der Waals surface area contributed by atoms with Gasteiger partial charge < -0.3 is 4.90 Å². The number of aromatic nitrogens is 1. The molecule has 1 amide bonds. The van der Waals surface area contributed by atoms with Crippen LogP contribution >= 0.6 is 0 Å². The van der Waals surface area contributed by atoms with Crippen molar-refractivity contribution in [1.82, 2.24) is 9.88 Å². The average Bonchev–Trinajstić information content (AvgIpc) is 2.55. The Bertz CT molecular complexity index is 572. The lowest BCUT2D eigenvalue weighted by atomic mass is 9.93. The Kier molecular flexibility index (Phi) is 5.59. The first-order valence-corrected chi connectivity index (χ1v) is 7.64. The molecule has 0 unspecified atom stereocenters. The van der Waals surface area contributed by atoms with E-state index in [1.165, 1.54) is 23.2 Å². The second kappa shape index (κ2) is 7.44. The number of hydrogen-bond acceptors (Lipinski definition) is 3. The van der Waals surface area contributed by atoms with Crippen LogP contribution in [-0.2, 0) is 0 Å². The molecule has 0 spiro atoms. The fourth-order valence-electron chi connectivity index (χ4n) is 2.82. The van der Waals surface area contributed by atoms with Crippen molar-refractivity contribution in [2.45, 2.75) is 50.7 Å². The van der Waals surface area contributed by atoms with E-state index in [1.807, 2.05) is 6.07 Å². The van der Waals surface area contributed by atoms with Crippen LogP contribution in [0.4, 0.5) is 13.2 Å². The molecule has 124 valence electrons. The fourth-order valence-corrected chi connectivity index (χ4v) is 2.82. The first-order chi connectivity index (χ1) is 10.9. The van der Waals surface area contributed by atoms with Crippen LogP contribution in [-0.4, -0.2) is 34.6 Å². The van der Waals surface area contributed by atoms with E-state index in [1.54, 1.807) is 0 Å². The monoisotopic (exact) mass is 325 g/mol. The van der Waals surface area contributed by atoms with Gasteiger partial charge in [0.05, 0.1) is 12.0 Å². The zero-order chi connectivity index (χ0) is 16.9. The second-order valence-corrected chi connectivity index (χ2v) is 5.70. The largest absolute Gasteiger partial charge is 0.390 e. The molecule has 0 aliphatic heterocycles. The maximum atomic E-state index is 12.6. The third-order valence-electron chi connectivity index (χ3n) is 4.02. The van der Waals surface area contributed by atoms with Gasteiger partial charge in [-0.3, -0.25) is 4.79 Å². The van der Waals surface area contributed by atoms with Gasteiger partial charge in [-0.15, -0.1) is 0 Å². The van der Waals surface area contributed by atoms with E-state index in [0.29, 0.717) is 5.56 Å². The van der Waals surface area contributed by atoms with Crippen molar-refractivity contribution in [3.8, 4) is 6.07 Å². The predicted molar refractivity (Wildman–Crippen MR) is 77.5 cm³/mol. The molecule has 1 aliphatic carbocycles. The maximum absolute atomic E-state index is 12.6. The maximum Gasteiger partial charge on any atom is 0.390 e. The molecule has 0 N–H and O–H groups in total. The lowest BCUT2D eigenvalue weighted by Crippen LogP contribution is -2.43. The van der Waals surface area contributed by atoms with Crippen LogP contribution in [0.25, 0.3) is 0 Å². The number of rotatable bonds is 4. The third kappa shape index (κ3) is 4.95. The van der Waals surface area contributed by atoms with Gasteiger partial charge in [0.25, 0.3) is 5.91 Å². The molecule has 2 rings (SSSR count).